The Balaban J connectivity index is 2.14. The lowest BCUT2D eigenvalue weighted by molar-refractivity contribution is 0.0371. The van der Waals surface area contributed by atoms with Gasteiger partial charge >= 0.3 is 0 Å². The van der Waals surface area contributed by atoms with E-state index >= 15 is 0 Å². The molecule has 2 N–H and O–H groups in total. The maximum Gasteiger partial charge on any atom is 0.267 e. The molecule has 28 heavy (non-hydrogen) atoms. The lowest BCUT2D eigenvalue weighted by Gasteiger charge is -2.38. The fourth-order valence-corrected chi connectivity index (χ4v) is 3.13. The molecular weight excluding hydrogens is 371 g/mol. The van der Waals surface area contributed by atoms with Crippen LogP contribution in [-0.4, -0.2) is 29.3 Å². The van der Waals surface area contributed by atoms with E-state index in [1.165, 1.54) is 38.6 Å². The minimum Gasteiger partial charge on any atom is -0.480 e. The Morgan fingerprint density at radius 2 is 2.00 bits per heavy atom. The summed E-state index contributed by atoms with van der Waals surface area (Å²) < 4.78 is 47.9. The van der Waals surface area contributed by atoms with Crippen molar-refractivity contribution < 1.29 is 17.9 Å². The molecule has 1 aromatic carbocycles. The monoisotopic (exact) mass is 389 g/mol. The van der Waals surface area contributed by atoms with Crippen LogP contribution in [0.1, 0.15) is 25.3 Å². The molecule has 2 atom stereocenters. The van der Waals surface area contributed by atoms with Crippen molar-refractivity contribution in [2.75, 3.05) is 7.11 Å². The molecule has 3 rings (SSSR count). The van der Waals surface area contributed by atoms with Crippen molar-refractivity contribution in [3.8, 4) is 23.2 Å². The van der Waals surface area contributed by atoms with Crippen LogP contribution in [0.4, 0.5) is 13.2 Å². The van der Waals surface area contributed by atoms with E-state index in [1.54, 1.807) is 0 Å². The topological polar surface area (TPSA) is 97.2 Å². The number of methoxy groups -OCH3 is 1. The molecule has 0 unspecified atom stereocenters. The van der Waals surface area contributed by atoms with Gasteiger partial charge in [-0.05, 0) is 38.0 Å². The summed E-state index contributed by atoms with van der Waals surface area (Å²) in [6.45, 7) is 1.53. The summed E-state index contributed by atoms with van der Waals surface area (Å²) in [6, 6.07) is 5.79. The maximum atomic E-state index is 14.6. The van der Waals surface area contributed by atoms with E-state index in [0.29, 0.717) is 11.3 Å². The van der Waals surface area contributed by atoms with Gasteiger partial charge in [-0.25, -0.2) is 23.1 Å². The zero-order valence-corrected chi connectivity index (χ0v) is 15.3. The first kappa shape index (κ1) is 19.6. The summed E-state index contributed by atoms with van der Waals surface area (Å²) in [5.41, 5.74) is 2.98. The number of nitrogens with zero attached hydrogens (tertiary/aromatic N) is 4. The van der Waals surface area contributed by atoms with Crippen molar-refractivity contribution in [2.45, 2.75) is 31.7 Å². The molecule has 1 aromatic heterocycles. The Kier molecular flexibility index (Phi) is 4.98. The molecule has 9 heteroatoms. The fourth-order valence-electron chi connectivity index (χ4n) is 3.13. The van der Waals surface area contributed by atoms with E-state index < -0.39 is 23.2 Å². The average molecular weight is 389 g/mol. The number of halogens is 3. The molecule has 146 valence electrons. The molecule has 2 heterocycles. The van der Waals surface area contributed by atoms with Gasteiger partial charge in [-0.1, -0.05) is 0 Å². The summed E-state index contributed by atoms with van der Waals surface area (Å²) in [7, 11) is 1.44. The van der Waals surface area contributed by atoms with E-state index in [4.69, 9.17) is 10.5 Å². The Morgan fingerprint density at radius 3 is 2.54 bits per heavy atom. The highest BCUT2D eigenvalue weighted by Crippen LogP contribution is 2.46. The number of hydrogen-bond acceptors (Lipinski definition) is 6. The number of nitrogens with two attached hydrogens (primary N) is 1. The van der Waals surface area contributed by atoms with Gasteiger partial charge in [0.15, 0.2) is 5.54 Å². The fraction of sp³-hybridized carbons (Fsp3) is 0.368. The normalized spacial score (nSPS) is 24.5. The number of amidine groups is 1. The first-order valence-electron chi connectivity index (χ1n) is 8.47. The molecule has 0 aliphatic carbocycles. The van der Waals surface area contributed by atoms with Crippen LogP contribution in [0, 0.1) is 22.6 Å². The maximum absolute atomic E-state index is 14.6. The summed E-state index contributed by atoms with van der Waals surface area (Å²) in [5, 5.41) is 9.29. The van der Waals surface area contributed by atoms with E-state index in [2.05, 4.69) is 15.0 Å². The van der Waals surface area contributed by atoms with Crippen molar-refractivity contribution >= 4 is 5.84 Å². The standard InChI is InChI=1S/C19H18F3N5O/c1-18(10-23)5-6-19(16(21)22,27-17(18)24)12-7-11(3-4-13(12)20)14-8-26-15(28-2)9-25-14/h3-4,7-9,16H,5-6H2,1-2H3,(H2,24,27)/t18-,19-/m0/s1. The van der Waals surface area contributed by atoms with Crippen molar-refractivity contribution in [1.29, 1.82) is 5.26 Å². The first-order chi connectivity index (χ1) is 13.3. The number of alkyl halides is 2. The molecule has 0 amide bonds. The molecule has 0 bridgehead atoms. The molecule has 6 nitrogen and oxygen atoms in total. The van der Waals surface area contributed by atoms with Crippen LogP contribution in [0.15, 0.2) is 35.6 Å². The van der Waals surface area contributed by atoms with E-state index in [0.717, 1.165) is 6.07 Å². The van der Waals surface area contributed by atoms with Crippen molar-refractivity contribution in [3.63, 3.8) is 0 Å². The molecule has 0 saturated carbocycles. The number of hydrogen-bond donors (Lipinski definition) is 1. The van der Waals surface area contributed by atoms with Crippen LogP contribution >= 0.6 is 0 Å². The molecule has 0 fully saturated rings. The van der Waals surface area contributed by atoms with Crippen molar-refractivity contribution in [1.82, 2.24) is 9.97 Å². The van der Waals surface area contributed by atoms with E-state index in [9.17, 15) is 18.4 Å². The third-order valence-electron chi connectivity index (χ3n) is 5.07. The van der Waals surface area contributed by atoms with Crippen LogP contribution in [0.2, 0.25) is 0 Å². The Bertz CT molecular complexity index is 957. The molecule has 1 aliphatic rings. The van der Waals surface area contributed by atoms with Gasteiger partial charge < -0.3 is 10.5 Å². The highest BCUT2D eigenvalue weighted by Gasteiger charge is 2.50. The van der Waals surface area contributed by atoms with Crippen LogP contribution in [0.25, 0.3) is 11.3 Å². The second-order valence-electron chi connectivity index (χ2n) is 6.80. The Labute approximate surface area is 159 Å². The second kappa shape index (κ2) is 7.11. The number of benzene rings is 1. The summed E-state index contributed by atoms with van der Waals surface area (Å²) in [4.78, 5) is 12.1. The molecule has 1 aliphatic heterocycles. The van der Waals surface area contributed by atoms with Gasteiger partial charge in [-0.15, -0.1) is 0 Å². The first-order valence-corrected chi connectivity index (χ1v) is 8.47. The summed E-state index contributed by atoms with van der Waals surface area (Å²) in [6.07, 6.45) is -0.424. The summed E-state index contributed by atoms with van der Waals surface area (Å²) in [5.74, 6) is -0.770. The number of aromatic nitrogens is 2. The largest absolute Gasteiger partial charge is 0.480 e. The van der Waals surface area contributed by atoms with E-state index in [1.807, 2.05) is 6.07 Å². The van der Waals surface area contributed by atoms with Gasteiger partial charge in [0.2, 0.25) is 5.88 Å². The van der Waals surface area contributed by atoms with E-state index in [-0.39, 0.29) is 30.1 Å². The number of aliphatic imine (C=N–C) groups is 1. The predicted molar refractivity (Wildman–Crippen MR) is 96.2 cm³/mol. The molecule has 0 spiro atoms. The lowest BCUT2D eigenvalue weighted by Crippen LogP contribution is -2.46. The van der Waals surface area contributed by atoms with Gasteiger partial charge in [0, 0.05) is 11.1 Å². The predicted octanol–water partition coefficient (Wildman–Crippen LogP) is 3.43. The highest BCUT2D eigenvalue weighted by atomic mass is 19.3. The quantitative estimate of drug-likeness (QED) is 0.864. The van der Waals surface area contributed by atoms with Crippen molar-refractivity contribution in [3.05, 3.63) is 42.0 Å². The zero-order chi connectivity index (χ0) is 20.5. The molecule has 2 aromatic rings. The van der Waals surface area contributed by atoms with Gasteiger partial charge in [0.25, 0.3) is 6.43 Å². The molecule has 0 saturated heterocycles. The molecule has 0 radical (unpaired) electrons. The Morgan fingerprint density at radius 1 is 1.25 bits per heavy atom. The SMILES string of the molecule is COc1cnc(-c2ccc(F)c([C@]3(C(F)F)CC[C@@](C)(C#N)C(N)=N3)c2)cn1. The smallest absolute Gasteiger partial charge is 0.267 e. The minimum atomic E-state index is -3.01. The van der Waals surface area contributed by atoms with Gasteiger partial charge in [-0.2, -0.15) is 5.26 Å². The molecular formula is C19H18F3N5O. The van der Waals surface area contributed by atoms with Crippen LogP contribution in [0.3, 0.4) is 0 Å². The minimum absolute atomic E-state index is 0.0369. The van der Waals surface area contributed by atoms with Gasteiger partial charge in [0.1, 0.15) is 17.1 Å². The third-order valence-corrected chi connectivity index (χ3v) is 5.07. The van der Waals surface area contributed by atoms with Crippen LogP contribution in [-0.2, 0) is 5.54 Å². The van der Waals surface area contributed by atoms with Gasteiger partial charge in [0.05, 0.1) is 31.3 Å². The highest BCUT2D eigenvalue weighted by molar-refractivity contribution is 5.90. The van der Waals surface area contributed by atoms with Crippen LogP contribution in [0.5, 0.6) is 5.88 Å². The summed E-state index contributed by atoms with van der Waals surface area (Å²) >= 11 is 0. The number of nitriles is 1. The number of rotatable bonds is 4. The lowest BCUT2D eigenvalue weighted by atomic mass is 9.74. The van der Waals surface area contributed by atoms with Crippen molar-refractivity contribution in [2.24, 2.45) is 16.1 Å². The third kappa shape index (κ3) is 3.15. The Hall–Kier alpha value is -3.15. The van der Waals surface area contributed by atoms with Gasteiger partial charge in [-0.3, -0.25) is 4.99 Å². The zero-order valence-electron chi connectivity index (χ0n) is 15.3. The second-order valence-corrected chi connectivity index (χ2v) is 6.80. The average Bonchev–Trinajstić information content (AvgIpc) is 2.70. The number of ether oxygens (including phenoxy) is 1. The van der Waals surface area contributed by atoms with Crippen LogP contribution < -0.4 is 10.5 Å².